The smallest absolute Gasteiger partial charge is 0.220 e. The maximum atomic E-state index is 12.4. The molecule has 2 atom stereocenters. The van der Waals surface area contributed by atoms with Gasteiger partial charge in [-0.3, -0.25) is 9.78 Å². The summed E-state index contributed by atoms with van der Waals surface area (Å²) in [6, 6.07) is 15.6. The summed E-state index contributed by atoms with van der Waals surface area (Å²) in [5.41, 5.74) is 1.93. The van der Waals surface area contributed by atoms with E-state index in [-0.39, 0.29) is 36.8 Å². The van der Waals surface area contributed by atoms with E-state index in [1.165, 1.54) is 6.42 Å². The molecule has 1 aromatic carbocycles. The van der Waals surface area contributed by atoms with Crippen molar-refractivity contribution in [2.24, 2.45) is 5.92 Å². The number of amides is 1. The Hall–Kier alpha value is -1.62. The van der Waals surface area contributed by atoms with E-state index < -0.39 is 0 Å². The number of aromatic nitrogens is 1. The highest BCUT2D eigenvalue weighted by atomic mass is 35.5. The summed E-state index contributed by atoms with van der Waals surface area (Å²) < 4.78 is 0. The second-order valence-electron chi connectivity index (χ2n) is 6.06. The SMILES string of the molecule is Cl.Cl.O=C(CCC1CCNC1)NC(c1ccccc1)c1ccccn1. The molecule has 4 nitrogen and oxygen atoms in total. The first-order valence-corrected chi connectivity index (χ1v) is 8.29. The van der Waals surface area contributed by atoms with Crippen LogP contribution in [-0.4, -0.2) is 24.0 Å². The number of rotatable bonds is 6. The summed E-state index contributed by atoms with van der Waals surface area (Å²) in [4.78, 5) is 16.8. The van der Waals surface area contributed by atoms with Gasteiger partial charge >= 0.3 is 0 Å². The molecule has 0 radical (unpaired) electrons. The number of hydrogen-bond acceptors (Lipinski definition) is 3. The molecule has 1 aliphatic heterocycles. The third kappa shape index (κ3) is 6.31. The fourth-order valence-corrected chi connectivity index (χ4v) is 3.05. The van der Waals surface area contributed by atoms with E-state index in [0.29, 0.717) is 12.3 Å². The highest BCUT2D eigenvalue weighted by Crippen LogP contribution is 2.21. The van der Waals surface area contributed by atoms with Gasteiger partial charge in [0.25, 0.3) is 0 Å². The van der Waals surface area contributed by atoms with Crippen LogP contribution in [0.25, 0.3) is 0 Å². The monoisotopic (exact) mass is 381 g/mol. The summed E-state index contributed by atoms with van der Waals surface area (Å²) in [7, 11) is 0. The largest absolute Gasteiger partial charge is 0.344 e. The first kappa shape index (κ1) is 21.4. The minimum absolute atomic E-state index is 0. The lowest BCUT2D eigenvalue weighted by atomic mass is 10.0. The lowest BCUT2D eigenvalue weighted by molar-refractivity contribution is -0.121. The molecular formula is C19H25Cl2N3O. The zero-order valence-corrected chi connectivity index (χ0v) is 15.7. The Morgan fingerprint density at radius 3 is 2.56 bits per heavy atom. The predicted octanol–water partition coefficient (Wildman–Crippen LogP) is 3.52. The number of carbonyl (C=O) groups excluding carboxylic acids is 1. The number of halogens is 2. The Labute approximate surface area is 161 Å². The molecule has 1 saturated heterocycles. The molecular weight excluding hydrogens is 357 g/mol. The van der Waals surface area contributed by atoms with Crippen molar-refractivity contribution in [3.8, 4) is 0 Å². The molecule has 2 heterocycles. The average Bonchev–Trinajstić information content (AvgIpc) is 3.13. The van der Waals surface area contributed by atoms with E-state index in [1.54, 1.807) is 6.20 Å². The molecule has 0 bridgehead atoms. The molecule has 3 rings (SSSR count). The quantitative estimate of drug-likeness (QED) is 0.804. The molecule has 2 unspecified atom stereocenters. The van der Waals surface area contributed by atoms with Crippen LogP contribution >= 0.6 is 24.8 Å². The first-order chi connectivity index (χ1) is 11.3. The van der Waals surface area contributed by atoms with Gasteiger partial charge < -0.3 is 10.6 Å². The fourth-order valence-electron chi connectivity index (χ4n) is 3.05. The minimum Gasteiger partial charge on any atom is -0.344 e. The van der Waals surface area contributed by atoms with E-state index in [1.807, 2.05) is 48.5 Å². The molecule has 6 heteroatoms. The Bertz CT molecular complexity index is 580. The van der Waals surface area contributed by atoms with Crippen LogP contribution in [0.3, 0.4) is 0 Å². The highest BCUT2D eigenvalue weighted by molar-refractivity contribution is 5.85. The Morgan fingerprint density at radius 2 is 1.92 bits per heavy atom. The number of nitrogens with one attached hydrogen (secondary N) is 2. The van der Waals surface area contributed by atoms with Gasteiger partial charge in [-0.25, -0.2) is 0 Å². The van der Waals surface area contributed by atoms with Crippen LogP contribution in [0.1, 0.15) is 36.6 Å². The van der Waals surface area contributed by atoms with Gasteiger partial charge in [0.2, 0.25) is 5.91 Å². The van der Waals surface area contributed by atoms with Crippen LogP contribution in [-0.2, 0) is 4.79 Å². The Kier molecular flexibility index (Phi) is 9.50. The molecule has 0 saturated carbocycles. The number of nitrogens with zero attached hydrogens (tertiary/aromatic N) is 1. The van der Waals surface area contributed by atoms with Gasteiger partial charge in [0.15, 0.2) is 0 Å². The summed E-state index contributed by atoms with van der Waals surface area (Å²) in [5, 5.41) is 6.50. The lowest BCUT2D eigenvalue weighted by Gasteiger charge is -2.19. The van der Waals surface area contributed by atoms with E-state index in [9.17, 15) is 4.79 Å². The van der Waals surface area contributed by atoms with E-state index in [2.05, 4.69) is 15.6 Å². The zero-order valence-electron chi connectivity index (χ0n) is 14.1. The molecule has 25 heavy (non-hydrogen) atoms. The molecule has 0 aliphatic carbocycles. The van der Waals surface area contributed by atoms with Crippen molar-refractivity contribution in [2.45, 2.75) is 25.3 Å². The molecule has 1 fully saturated rings. The van der Waals surface area contributed by atoms with E-state index in [4.69, 9.17) is 0 Å². The zero-order chi connectivity index (χ0) is 15.9. The summed E-state index contributed by atoms with van der Waals surface area (Å²) in [6.45, 7) is 2.11. The standard InChI is InChI=1S/C19H23N3O.2ClH/c23-18(10-9-15-11-13-20-14-15)22-19(16-6-2-1-3-7-16)17-8-4-5-12-21-17;;/h1-8,12,15,19-20H,9-11,13-14H2,(H,22,23);2*1H. The maximum absolute atomic E-state index is 12.4. The molecule has 136 valence electrons. The van der Waals surface area contributed by atoms with Gasteiger partial charge in [-0.2, -0.15) is 0 Å². The molecule has 2 aromatic rings. The Morgan fingerprint density at radius 1 is 1.16 bits per heavy atom. The van der Waals surface area contributed by atoms with Gasteiger partial charge in [0.1, 0.15) is 0 Å². The number of hydrogen-bond donors (Lipinski definition) is 2. The molecule has 1 amide bonds. The topological polar surface area (TPSA) is 54.0 Å². The average molecular weight is 382 g/mol. The van der Waals surface area contributed by atoms with Crippen molar-refractivity contribution >= 4 is 30.7 Å². The lowest BCUT2D eigenvalue weighted by Crippen LogP contribution is -2.30. The number of benzene rings is 1. The molecule has 0 spiro atoms. The number of pyridine rings is 1. The summed E-state index contributed by atoms with van der Waals surface area (Å²) in [6.07, 6.45) is 4.46. The van der Waals surface area contributed by atoms with Crippen LogP contribution in [0.5, 0.6) is 0 Å². The third-order valence-corrected chi connectivity index (χ3v) is 4.36. The third-order valence-electron chi connectivity index (χ3n) is 4.36. The van der Waals surface area contributed by atoms with Gasteiger partial charge in [-0.05, 0) is 49.5 Å². The highest BCUT2D eigenvalue weighted by Gasteiger charge is 2.20. The van der Waals surface area contributed by atoms with Crippen LogP contribution < -0.4 is 10.6 Å². The van der Waals surface area contributed by atoms with Crippen LogP contribution in [0.15, 0.2) is 54.7 Å². The van der Waals surface area contributed by atoms with Crippen molar-refractivity contribution in [3.05, 3.63) is 66.0 Å². The van der Waals surface area contributed by atoms with Crippen LogP contribution in [0.4, 0.5) is 0 Å². The van der Waals surface area contributed by atoms with Crippen molar-refractivity contribution < 1.29 is 4.79 Å². The van der Waals surface area contributed by atoms with E-state index in [0.717, 1.165) is 30.8 Å². The second-order valence-corrected chi connectivity index (χ2v) is 6.06. The van der Waals surface area contributed by atoms with Gasteiger partial charge in [-0.1, -0.05) is 36.4 Å². The predicted molar refractivity (Wildman–Crippen MR) is 105 cm³/mol. The van der Waals surface area contributed by atoms with Gasteiger partial charge in [0, 0.05) is 12.6 Å². The number of carbonyl (C=O) groups is 1. The van der Waals surface area contributed by atoms with Gasteiger partial charge in [0.05, 0.1) is 11.7 Å². The van der Waals surface area contributed by atoms with Gasteiger partial charge in [-0.15, -0.1) is 24.8 Å². The van der Waals surface area contributed by atoms with Crippen molar-refractivity contribution in [3.63, 3.8) is 0 Å². The van der Waals surface area contributed by atoms with Crippen LogP contribution in [0.2, 0.25) is 0 Å². The minimum atomic E-state index is -0.188. The molecule has 1 aromatic heterocycles. The van der Waals surface area contributed by atoms with E-state index >= 15 is 0 Å². The maximum Gasteiger partial charge on any atom is 0.220 e. The van der Waals surface area contributed by atoms with Crippen molar-refractivity contribution in [2.75, 3.05) is 13.1 Å². The molecule has 2 N–H and O–H groups in total. The Balaban J connectivity index is 0.00000156. The fraction of sp³-hybridized carbons (Fsp3) is 0.368. The second kappa shape index (κ2) is 11.1. The first-order valence-electron chi connectivity index (χ1n) is 8.29. The van der Waals surface area contributed by atoms with Crippen molar-refractivity contribution in [1.82, 2.24) is 15.6 Å². The summed E-state index contributed by atoms with van der Waals surface area (Å²) in [5.74, 6) is 0.724. The molecule has 1 aliphatic rings. The normalized spacial score (nSPS) is 17.0. The van der Waals surface area contributed by atoms with Crippen LogP contribution in [0, 0.1) is 5.92 Å². The summed E-state index contributed by atoms with van der Waals surface area (Å²) >= 11 is 0. The van der Waals surface area contributed by atoms with Crippen molar-refractivity contribution in [1.29, 1.82) is 0 Å².